The summed E-state index contributed by atoms with van der Waals surface area (Å²) in [6.07, 6.45) is 0. The topological polar surface area (TPSA) is 60.7 Å². The molecular formula is C34H25BO3. The normalized spacial score (nSPS) is 11.0. The summed E-state index contributed by atoms with van der Waals surface area (Å²) in [7, 11) is -2.17. The monoisotopic (exact) mass is 492 g/mol. The van der Waals surface area contributed by atoms with Gasteiger partial charge >= 0.3 is 7.32 Å². The van der Waals surface area contributed by atoms with Gasteiger partial charge in [-0.1, -0.05) is 127 Å². The van der Waals surface area contributed by atoms with Crippen LogP contribution in [0.4, 0.5) is 0 Å². The molecule has 0 unspecified atom stereocenters. The molecule has 38 heavy (non-hydrogen) atoms. The Kier molecular flexibility index (Phi) is 6.36. The van der Waals surface area contributed by atoms with E-state index in [0.717, 1.165) is 0 Å². The molecular weight excluding hydrogens is 467 g/mol. The number of hydrogen-bond acceptors (Lipinski definition) is 3. The zero-order valence-electron chi connectivity index (χ0n) is 20.6. The van der Waals surface area contributed by atoms with Gasteiger partial charge in [-0.05, 0) is 71.8 Å². The molecule has 0 aliphatic carbocycles. The molecule has 0 spiro atoms. The minimum atomic E-state index is -2.17. The summed E-state index contributed by atoms with van der Waals surface area (Å²) in [5.41, 5.74) is 7.61. The molecule has 0 aliphatic rings. The lowest BCUT2D eigenvalue weighted by molar-refractivity contribution is 0.278. The zero-order valence-corrected chi connectivity index (χ0v) is 20.6. The van der Waals surface area contributed by atoms with Crippen LogP contribution in [0.5, 0.6) is 0 Å². The molecule has 0 aromatic heterocycles. The Balaban J connectivity index is 0.000000620. The van der Waals surface area contributed by atoms with Crippen LogP contribution in [0, 0.1) is 0 Å². The van der Waals surface area contributed by atoms with Crippen molar-refractivity contribution in [2.24, 2.45) is 0 Å². The van der Waals surface area contributed by atoms with E-state index < -0.39 is 7.32 Å². The predicted molar refractivity (Wildman–Crippen MR) is 159 cm³/mol. The predicted octanol–water partition coefficient (Wildman–Crippen LogP) is 7.53. The molecule has 182 valence electrons. The van der Waals surface area contributed by atoms with Crippen molar-refractivity contribution in [2.75, 3.05) is 0 Å². The average molecular weight is 492 g/mol. The molecule has 0 bridgehead atoms. The first-order valence-electron chi connectivity index (χ1n) is 12.6. The Bertz CT molecular complexity index is 1770. The molecule has 0 heterocycles. The first-order chi connectivity index (χ1) is 18.6. The van der Waals surface area contributed by atoms with E-state index in [1.165, 1.54) is 65.7 Å². The summed E-state index contributed by atoms with van der Waals surface area (Å²) in [6, 6.07) is 48.5. The van der Waals surface area contributed by atoms with Crippen LogP contribution >= 0.6 is 0 Å². The van der Waals surface area contributed by atoms with Gasteiger partial charge in [0, 0.05) is 0 Å². The molecule has 0 amide bonds. The lowest BCUT2D eigenvalue weighted by Gasteiger charge is -2.19. The van der Waals surface area contributed by atoms with Gasteiger partial charge in [0.15, 0.2) is 0 Å². The molecule has 0 fully saturated rings. The van der Waals surface area contributed by atoms with E-state index in [1.54, 1.807) is 0 Å². The minimum absolute atomic E-state index is 1.25. The van der Waals surface area contributed by atoms with Crippen LogP contribution < -0.4 is 0 Å². The molecule has 3 nitrogen and oxygen atoms in total. The summed E-state index contributed by atoms with van der Waals surface area (Å²) in [5.74, 6) is 0. The van der Waals surface area contributed by atoms with Crippen LogP contribution in [0.25, 0.3) is 65.7 Å². The third kappa shape index (κ3) is 4.31. The van der Waals surface area contributed by atoms with Gasteiger partial charge in [0.2, 0.25) is 0 Å². The van der Waals surface area contributed by atoms with Gasteiger partial charge in [-0.25, -0.2) is 0 Å². The molecule has 0 saturated carbocycles. The van der Waals surface area contributed by atoms with Crippen molar-refractivity contribution in [1.82, 2.24) is 0 Å². The molecule has 4 heteroatoms. The second kappa shape index (κ2) is 10.1. The molecule has 3 N–H and O–H groups in total. The number of benzene rings is 7. The fraction of sp³-hybridized carbons (Fsp3) is 0. The highest BCUT2D eigenvalue weighted by Crippen LogP contribution is 2.45. The van der Waals surface area contributed by atoms with Crippen molar-refractivity contribution in [3.05, 3.63) is 133 Å². The minimum Gasteiger partial charge on any atom is -0.402 e. The molecule has 0 atom stereocenters. The van der Waals surface area contributed by atoms with Crippen LogP contribution in [-0.4, -0.2) is 22.4 Å². The van der Waals surface area contributed by atoms with E-state index >= 15 is 0 Å². The maximum atomic E-state index is 7.17. The largest absolute Gasteiger partial charge is 0.631 e. The third-order valence-electron chi connectivity index (χ3n) is 7.04. The van der Waals surface area contributed by atoms with Crippen LogP contribution in [-0.2, 0) is 0 Å². The zero-order chi connectivity index (χ0) is 26.1. The summed E-state index contributed by atoms with van der Waals surface area (Å²) in [4.78, 5) is 0. The Morgan fingerprint density at radius 1 is 0.368 bits per heavy atom. The molecule has 7 aromatic carbocycles. The Morgan fingerprint density at radius 3 is 1.21 bits per heavy atom. The van der Waals surface area contributed by atoms with Crippen molar-refractivity contribution >= 4 is 39.6 Å². The smallest absolute Gasteiger partial charge is 0.402 e. The molecule has 0 aliphatic heterocycles. The lowest BCUT2D eigenvalue weighted by atomic mass is 9.84. The number of rotatable bonds is 3. The van der Waals surface area contributed by atoms with E-state index in [1.807, 2.05) is 0 Å². The second-order valence-corrected chi connectivity index (χ2v) is 9.28. The summed E-state index contributed by atoms with van der Waals surface area (Å²) >= 11 is 0. The highest BCUT2D eigenvalue weighted by Gasteiger charge is 2.18. The van der Waals surface area contributed by atoms with Crippen LogP contribution in [0.1, 0.15) is 0 Å². The molecule has 7 aromatic rings. The van der Waals surface area contributed by atoms with Crippen molar-refractivity contribution in [1.29, 1.82) is 0 Å². The van der Waals surface area contributed by atoms with Crippen molar-refractivity contribution in [3.63, 3.8) is 0 Å². The number of hydrogen-bond donors (Lipinski definition) is 3. The Hall–Kier alpha value is -4.48. The highest BCUT2D eigenvalue weighted by molar-refractivity contribution is 6.31. The lowest BCUT2D eigenvalue weighted by Crippen LogP contribution is -2.07. The van der Waals surface area contributed by atoms with E-state index in [4.69, 9.17) is 15.1 Å². The quantitative estimate of drug-likeness (QED) is 0.177. The fourth-order valence-corrected chi connectivity index (χ4v) is 5.48. The van der Waals surface area contributed by atoms with Gasteiger partial charge < -0.3 is 15.1 Å². The average Bonchev–Trinajstić information content (AvgIpc) is 2.96. The van der Waals surface area contributed by atoms with Gasteiger partial charge in [-0.15, -0.1) is 0 Å². The van der Waals surface area contributed by atoms with Crippen molar-refractivity contribution in [3.8, 4) is 33.4 Å². The van der Waals surface area contributed by atoms with Crippen molar-refractivity contribution in [2.45, 2.75) is 0 Å². The van der Waals surface area contributed by atoms with Crippen LogP contribution in [0.3, 0.4) is 0 Å². The van der Waals surface area contributed by atoms with Gasteiger partial charge in [0.05, 0.1) is 0 Å². The SMILES string of the molecule is OB(O)O.c1ccc(-c2ccc3ccc4c(-c5ccccc5)cc(-c5ccccc5)c5ccc2c3c45)cc1. The standard InChI is InChI=1S/C34H22.BH3O3/c1-4-10-23(11-5-1)27-18-16-26-17-19-29-31(24-12-6-2-7-13-24)22-32(25-14-8-3-9-15-25)30-21-20-28(27)33(26)34(29)30;2-1(3)4/h1-22H;2-4H. The van der Waals surface area contributed by atoms with Crippen LogP contribution in [0.15, 0.2) is 133 Å². The summed E-state index contributed by atoms with van der Waals surface area (Å²) in [5, 5.41) is 29.4. The second-order valence-electron chi connectivity index (χ2n) is 9.28. The molecule has 0 radical (unpaired) electrons. The van der Waals surface area contributed by atoms with Gasteiger partial charge in [0.1, 0.15) is 0 Å². The maximum Gasteiger partial charge on any atom is 0.631 e. The fourth-order valence-electron chi connectivity index (χ4n) is 5.48. The first-order valence-corrected chi connectivity index (χ1v) is 12.6. The highest BCUT2D eigenvalue weighted by atomic mass is 16.5. The van der Waals surface area contributed by atoms with Gasteiger partial charge in [0.25, 0.3) is 0 Å². The van der Waals surface area contributed by atoms with Gasteiger partial charge in [-0.2, -0.15) is 0 Å². The van der Waals surface area contributed by atoms with Crippen LogP contribution in [0.2, 0.25) is 0 Å². The van der Waals surface area contributed by atoms with E-state index in [2.05, 4.69) is 133 Å². The van der Waals surface area contributed by atoms with E-state index in [9.17, 15) is 0 Å². The van der Waals surface area contributed by atoms with Crippen molar-refractivity contribution < 1.29 is 15.1 Å². The Morgan fingerprint density at radius 2 is 0.737 bits per heavy atom. The van der Waals surface area contributed by atoms with Gasteiger partial charge in [-0.3, -0.25) is 0 Å². The van der Waals surface area contributed by atoms with E-state index in [-0.39, 0.29) is 0 Å². The molecule has 7 rings (SSSR count). The summed E-state index contributed by atoms with van der Waals surface area (Å²) < 4.78 is 0. The first kappa shape index (κ1) is 23.9. The Labute approximate surface area is 221 Å². The maximum absolute atomic E-state index is 7.17. The summed E-state index contributed by atoms with van der Waals surface area (Å²) in [6.45, 7) is 0. The van der Waals surface area contributed by atoms with E-state index in [0.29, 0.717) is 0 Å². The molecule has 0 saturated heterocycles. The third-order valence-corrected chi connectivity index (χ3v) is 7.04.